The van der Waals surface area contributed by atoms with E-state index in [1.807, 2.05) is 67.3 Å². The van der Waals surface area contributed by atoms with E-state index in [4.69, 9.17) is 4.74 Å². The van der Waals surface area contributed by atoms with Crippen LogP contribution in [0.2, 0.25) is 0 Å². The van der Waals surface area contributed by atoms with Gasteiger partial charge in [0.05, 0.1) is 18.8 Å². The van der Waals surface area contributed by atoms with Gasteiger partial charge in [-0.05, 0) is 31.5 Å². The van der Waals surface area contributed by atoms with Gasteiger partial charge in [-0.2, -0.15) is 0 Å². The van der Waals surface area contributed by atoms with E-state index < -0.39 is 6.10 Å². The van der Waals surface area contributed by atoms with Crippen molar-refractivity contribution in [3.8, 4) is 5.75 Å². The highest BCUT2D eigenvalue weighted by Gasteiger charge is 2.32. The van der Waals surface area contributed by atoms with Crippen LogP contribution in [-0.4, -0.2) is 42.4 Å². The van der Waals surface area contributed by atoms with E-state index in [2.05, 4.69) is 10.3 Å². The minimum Gasteiger partial charge on any atom is -0.477 e. The highest BCUT2D eigenvalue weighted by molar-refractivity contribution is 6.11. The summed E-state index contributed by atoms with van der Waals surface area (Å²) in [5.41, 5.74) is 3.34. The van der Waals surface area contributed by atoms with Crippen LogP contribution in [0.4, 0.5) is 5.69 Å². The Hall–Kier alpha value is -3.28. The SMILES string of the molecule is CCCNC(=O)[C@H]1CN(CC(=O)c2c(C)[nH]c3ccccc23)c2ccccc2O1. The molecule has 1 atom stereocenters. The summed E-state index contributed by atoms with van der Waals surface area (Å²) in [5.74, 6) is 0.491. The number of hydrogen-bond donors (Lipinski definition) is 2. The number of aromatic amines is 1. The molecule has 29 heavy (non-hydrogen) atoms. The first-order valence-electron chi connectivity index (χ1n) is 9.97. The Morgan fingerprint density at radius 3 is 2.76 bits per heavy atom. The molecule has 0 unspecified atom stereocenters. The number of benzene rings is 2. The van der Waals surface area contributed by atoms with E-state index in [9.17, 15) is 9.59 Å². The number of Topliss-reactive ketones (excluding diaryl/α,β-unsaturated/α-hetero) is 1. The van der Waals surface area contributed by atoms with Crippen molar-refractivity contribution < 1.29 is 14.3 Å². The molecule has 1 aromatic heterocycles. The number of rotatable bonds is 6. The van der Waals surface area contributed by atoms with Crippen molar-refractivity contribution in [2.75, 3.05) is 24.5 Å². The van der Waals surface area contributed by atoms with Gasteiger partial charge in [-0.15, -0.1) is 0 Å². The van der Waals surface area contributed by atoms with Crippen molar-refractivity contribution in [3.63, 3.8) is 0 Å². The molecule has 6 heteroatoms. The van der Waals surface area contributed by atoms with Gasteiger partial charge in [0, 0.05) is 28.7 Å². The second-order valence-electron chi connectivity index (χ2n) is 7.34. The standard InChI is InChI=1S/C23H25N3O3/c1-3-12-24-23(28)21-14-26(18-10-6-7-11-20(18)29-21)13-19(27)22-15(2)25-17-9-5-4-8-16(17)22/h4-11,21,25H,3,12-14H2,1-2H3,(H,24,28)/t21-/m1/s1. The highest BCUT2D eigenvalue weighted by atomic mass is 16.5. The van der Waals surface area contributed by atoms with Crippen molar-refractivity contribution in [1.29, 1.82) is 0 Å². The van der Waals surface area contributed by atoms with Crippen molar-refractivity contribution in [3.05, 3.63) is 59.8 Å². The lowest BCUT2D eigenvalue weighted by Crippen LogP contribution is -2.50. The number of ketones is 1. The molecule has 1 aliphatic heterocycles. The van der Waals surface area contributed by atoms with Crippen LogP contribution in [0.3, 0.4) is 0 Å². The number of hydrogen-bond acceptors (Lipinski definition) is 4. The van der Waals surface area contributed by atoms with Gasteiger partial charge in [0.2, 0.25) is 0 Å². The largest absolute Gasteiger partial charge is 0.477 e. The van der Waals surface area contributed by atoms with E-state index in [-0.39, 0.29) is 18.2 Å². The Bertz CT molecular complexity index is 1060. The van der Waals surface area contributed by atoms with Crippen LogP contribution in [0.5, 0.6) is 5.75 Å². The number of carbonyl (C=O) groups is 2. The molecule has 2 N–H and O–H groups in total. The third-order valence-electron chi connectivity index (χ3n) is 5.21. The molecule has 0 spiro atoms. The van der Waals surface area contributed by atoms with E-state index >= 15 is 0 Å². The van der Waals surface area contributed by atoms with Crippen molar-refractivity contribution in [1.82, 2.24) is 10.3 Å². The number of nitrogens with zero attached hydrogens (tertiary/aromatic N) is 1. The maximum atomic E-state index is 13.3. The Morgan fingerprint density at radius 1 is 1.17 bits per heavy atom. The first kappa shape index (κ1) is 19.1. The summed E-state index contributed by atoms with van der Waals surface area (Å²) in [7, 11) is 0. The minimum absolute atomic E-state index is 0.0179. The van der Waals surface area contributed by atoms with Gasteiger partial charge in [0.25, 0.3) is 5.91 Å². The number of amides is 1. The number of H-pyrrole nitrogens is 1. The molecule has 0 saturated heterocycles. The summed E-state index contributed by atoms with van der Waals surface area (Å²) in [6, 6.07) is 15.4. The number of carbonyl (C=O) groups excluding carboxylic acids is 2. The van der Waals surface area contributed by atoms with E-state index in [1.54, 1.807) is 0 Å². The van der Waals surface area contributed by atoms with Crippen LogP contribution < -0.4 is 15.0 Å². The van der Waals surface area contributed by atoms with Crippen molar-refractivity contribution in [2.45, 2.75) is 26.4 Å². The summed E-state index contributed by atoms with van der Waals surface area (Å²) in [6.45, 7) is 5.04. The molecule has 3 aromatic rings. The monoisotopic (exact) mass is 391 g/mol. The second-order valence-corrected chi connectivity index (χ2v) is 7.34. The summed E-state index contributed by atoms with van der Waals surface area (Å²) in [4.78, 5) is 31.0. The summed E-state index contributed by atoms with van der Waals surface area (Å²) >= 11 is 0. The number of aromatic nitrogens is 1. The molecule has 0 fully saturated rings. The zero-order valence-corrected chi connectivity index (χ0v) is 16.7. The zero-order chi connectivity index (χ0) is 20.4. The maximum Gasteiger partial charge on any atom is 0.262 e. The maximum absolute atomic E-state index is 13.3. The lowest BCUT2D eigenvalue weighted by molar-refractivity contribution is -0.127. The predicted octanol–water partition coefficient (Wildman–Crippen LogP) is 3.45. The molecule has 1 amide bonds. The van der Waals surface area contributed by atoms with E-state index in [0.29, 0.717) is 24.4 Å². The van der Waals surface area contributed by atoms with Gasteiger partial charge >= 0.3 is 0 Å². The first-order chi connectivity index (χ1) is 14.1. The number of aryl methyl sites for hydroxylation is 1. The van der Waals surface area contributed by atoms with Crippen molar-refractivity contribution in [2.24, 2.45) is 0 Å². The molecule has 0 bridgehead atoms. The fourth-order valence-corrected chi connectivity index (χ4v) is 3.84. The Labute approximate surface area is 169 Å². The molecule has 0 radical (unpaired) electrons. The van der Waals surface area contributed by atoms with Gasteiger partial charge in [0.15, 0.2) is 11.9 Å². The summed E-state index contributed by atoms with van der Waals surface area (Å²) in [6.07, 6.45) is 0.213. The van der Waals surface area contributed by atoms with Crippen LogP contribution in [0, 0.1) is 6.92 Å². The number of fused-ring (bicyclic) bond motifs is 2. The first-order valence-corrected chi connectivity index (χ1v) is 9.97. The summed E-state index contributed by atoms with van der Waals surface area (Å²) in [5, 5.41) is 3.81. The second kappa shape index (κ2) is 7.99. The van der Waals surface area contributed by atoms with Crippen LogP contribution in [0.25, 0.3) is 10.9 Å². The average molecular weight is 391 g/mol. The quantitative estimate of drug-likeness (QED) is 0.631. The fraction of sp³-hybridized carbons (Fsp3) is 0.304. The topological polar surface area (TPSA) is 74.4 Å². The number of ether oxygens (including phenoxy) is 1. The molecule has 4 rings (SSSR count). The van der Waals surface area contributed by atoms with Crippen molar-refractivity contribution >= 4 is 28.3 Å². The van der Waals surface area contributed by atoms with E-state index in [0.717, 1.165) is 28.7 Å². The van der Waals surface area contributed by atoms with Crippen LogP contribution in [0.15, 0.2) is 48.5 Å². The molecule has 1 aliphatic rings. The van der Waals surface area contributed by atoms with Crippen LogP contribution in [-0.2, 0) is 4.79 Å². The molecule has 2 aromatic carbocycles. The lowest BCUT2D eigenvalue weighted by atomic mass is 10.1. The molecule has 0 aliphatic carbocycles. The smallest absolute Gasteiger partial charge is 0.262 e. The highest BCUT2D eigenvalue weighted by Crippen LogP contribution is 2.33. The fourth-order valence-electron chi connectivity index (χ4n) is 3.84. The zero-order valence-electron chi connectivity index (χ0n) is 16.7. The Kier molecular flexibility index (Phi) is 5.25. The van der Waals surface area contributed by atoms with Gasteiger partial charge in [-0.3, -0.25) is 9.59 Å². The van der Waals surface area contributed by atoms with Gasteiger partial charge in [-0.1, -0.05) is 37.3 Å². The predicted molar refractivity (Wildman–Crippen MR) is 114 cm³/mol. The molecule has 6 nitrogen and oxygen atoms in total. The average Bonchev–Trinajstić information content (AvgIpc) is 3.07. The Morgan fingerprint density at radius 2 is 1.93 bits per heavy atom. The van der Waals surface area contributed by atoms with E-state index in [1.165, 1.54) is 0 Å². The number of para-hydroxylation sites is 3. The van der Waals surface area contributed by atoms with Crippen LogP contribution >= 0.6 is 0 Å². The molecule has 0 saturated carbocycles. The van der Waals surface area contributed by atoms with Gasteiger partial charge < -0.3 is 19.9 Å². The van der Waals surface area contributed by atoms with Gasteiger partial charge in [-0.25, -0.2) is 0 Å². The molecular formula is C23H25N3O3. The molecular weight excluding hydrogens is 366 g/mol. The molecule has 150 valence electrons. The number of anilines is 1. The normalized spacial score (nSPS) is 15.7. The third-order valence-corrected chi connectivity index (χ3v) is 5.21. The lowest BCUT2D eigenvalue weighted by Gasteiger charge is -2.35. The molecule has 2 heterocycles. The minimum atomic E-state index is -0.645. The number of nitrogens with one attached hydrogen (secondary N) is 2. The summed E-state index contributed by atoms with van der Waals surface area (Å²) < 4.78 is 5.92. The van der Waals surface area contributed by atoms with Crippen LogP contribution in [0.1, 0.15) is 29.4 Å². The third kappa shape index (κ3) is 3.70. The van der Waals surface area contributed by atoms with Gasteiger partial charge in [0.1, 0.15) is 5.75 Å². The Balaban J connectivity index is 1.61.